The van der Waals surface area contributed by atoms with Gasteiger partial charge in [0.25, 0.3) is 0 Å². The maximum atomic E-state index is 4.29. The van der Waals surface area contributed by atoms with Crippen molar-refractivity contribution in [3.05, 3.63) is 36.7 Å². The van der Waals surface area contributed by atoms with Crippen LogP contribution in [0.5, 0.6) is 0 Å². The summed E-state index contributed by atoms with van der Waals surface area (Å²) in [7, 11) is 0. The minimum atomic E-state index is 1.04. The lowest BCUT2D eigenvalue weighted by atomic mass is 10.1. The van der Waals surface area contributed by atoms with Crippen LogP contribution in [0.4, 0.5) is 5.69 Å². The molecule has 2 rings (SSSR count). The Bertz CT molecular complexity index is 488. The average molecular weight is 256 g/mol. The van der Waals surface area contributed by atoms with E-state index in [1.54, 1.807) is 0 Å². The minimum Gasteiger partial charge on any atom is -0.383 e. The molecular weight excluding hydrogens is 232 g/mol. The number of unbranched alkanes of at least 4 members (excludes halogenated alkanes) is 5. The molecule has 0 amide bonds. The van der Waals surface area contributed by atoms with Crippen LogP contribution in [0.3, 0.4) is 0 Å². The quantitative estimate of drug-likeness (QED) is 0.672. The van der Waals surface area contributed by atoms with Gasteiger partial charge in [0.2, 0.25) is 0 Å². The number of anilines is 1. The van der Waals surface area contributed by atoms with Gasteiger partial charge < -0.3 is 5.32 Å². The molecule has 1 aromatic heterocycles. The highest BCUT2D eigenvalue weighted by Crippen LogP contribution is 2.21. The maximum Gasteiger partial charge on any atom is 0.0606 e. The first-order valence-corrected chi connectivity index (χ1v) is 7.48. The average Bonchev–Trinajstić information content (AvgIpc) is 2.46. The van der Waals surface area contributed by atoms with Crippen LogP contribution >= 0.6 is 0 Å². The van der Waals surface area contributed by atoms with Crippen LogP contribution in [0.1, 0.15) is 45.4 Å². The summed E-state index contributed by atoms with van der Waals surface area (Å²) < 4.78 is 0. The molecule has 0 saturated heterocycles. The highest BCUT2D eigenvalue weighted by atomic mass is 14.9. The summed E-state index contributed by atoms with van der Waals surface area (Å²) in [5.41, 5.74) is 1.16. The second kappa shape index (κ2) is 7.78. The van der Waals surface area contributed by atoms with Crippen LogP contribution in [-0.2, 0) is 0 Å². The molecular formula is C17H24N2. The Labute approximate surface area is 116 Å². The predicted octanol–water partition coefficient (Wildman–Crippen LogP) is 5.01. The summed E-state index contributed by atoms with van der Waals surface area (Å²) in [5, 5.41) is 5.99. The van der Waals surface area contributed by atoms with Crippen LogP contribution in [-0.4, -0.2) is 11.5 Å². The molecule has 1 aromatic carbocycles. The lowest BCUT2D eigenvalue weighted by Gasteiger charge is -2.09. The van der Waals surface area contributed by atoms with E-state index in [-0.39, 0.29) is 0 Å². The van der Waals surface area contributed by atoms with Gasteiger partial charge in [-0.25, -0.2) is 0 Å². The predicted molar refractivity (Wildman–Crippen MR) is 83.6 cm³/mol. The normalized spacial score (nSPS) is 10.8. The molecule has 0 spiro atoms. The number of pyridine rings is 1. The topological polar surface area (TPSA) is 24.9 Å². The second-order valence-corrected chi connectivity index (χ2v) is 5.10. The number of nitrogens with zero attached hydrogens (tertiary/aromatic N) is 1. The number of hydrogen-bond donors (Lipinski definition) is 1. The van der Waals surface area contributed by atoms with Crippen molar-refractivity contribution in [1.82, 2.24) is 4.98 Å². The van der Waals surface area contributed by atoms with E-state index in [9.17, 15) is 0 Å². The molecule has 0 aliphatic heterocycles. The summed E-state index contributed by atoms with van der Waals surface area (Å²) >= 11 is 0. The van der Waals surface area contributed by atoms with Crippen molar-refractivity contribution in [2.75, 3.05) is 11.9 Å². The Morgan fingerprint density at radius 3 is 2.63 bits per heavy atom. The van der Waals surface area contributed by atoms with Gasteiger partial charge in [-0.05, 0) is 6.42 Å². The Morgan fingerprint density at radius 1 is 0.947 bits per heavy atom. The molecule has 19 heavy (non-hydrogen) atoms. The standard InChI is InChI=1S/C17H24N2/c1-2-3-4-5-6-9-12-19-17-14-18-13-15-10-7-8-11-16(15)17/h7-8,10-11,13-14,19H,2-6,9,12H2,1H3. The van der Waals surface area contributed by atoms with E-state index >= 15 is 0 Å². The van der Waals surface area contributed by atoms with Crippen LogP contribution in [0.25, 0.3) is 10.8 Å². The molecule has 0 atom stereocenters. The zero-order chi connectivity index (χ0) is 13.3. The highest BCUT2D eigenvalue weighted by molar-refractivity contribution is 5.92. The molecule has 0 radical (unpaired) electrons. The number of rotatable bonds is 8. The van der Waals surface area contributed by atoms with Crippen LogP contribution in [0.2, 0.25) is 0 Å². The van der Waals surface area contributed by atoms with E-state index in [2.05, 4.69) is 41.5 Å². The van der Waals surface area contributed by atoms with E-state index < -0.39 is 0 Å². The van der Waals surface area contributed by atoms with Gasteiger partial charge in [0.05, 0.1) is 11.9 Å². The summed E-state index contributed by atoms with van der Waals surface area (Å²) in [6.45, 7) is 3.30. The summed E-state index contributed by atoms with van der Waals surface area (Å²) in [6.07, 6.45) is 11.9. The maximum absolute atomic E-state index is 4.29. The third-order valence-corrected chi connectivity index (χ3v) is 3.51. The molecule has 1 heterocycles. The van der Waals surface area contributed by atoms with E-state index in [1.807, 2.05) is 12.4 Å². The highest BCUT2D eigenvalue weighted by Gasteiger charge is 1.99. The first kappa shape index (κ1) is 13.9. The van der Waals surface area contributed by atoms with Gasteiger partial charge in [0.15, 0.2) is 0 Å². The van der Waals surface area contributed by atoms with E-state index in [1.165, 1.54) is 49.3 Å². The molecule has 102 valence electrons. The van der Waals surface area contributed by atoms with E-state index in [0.717, 1.165) is 12.2 Å². The summed E-state index contributed by atoms with van der Waals surface area (Å²) in [6, 6.07) is 8.40. The molecule has 0 unspecified atom stereocenters. The van der Waals surface area contributed by atoms with Crippen LogP contribution in [0, 0.1) is 0 Å². The van der Waals surface area contributed by atoms with Gasteiger partial charge in [-0.3, -0.25) is 4.98 Å². The van der Waals surface area contributed by atoms with Crippen molar-refractivity contribution in [1.29, 1.82) is 0 Å². The molecule has 0 aliphatic rings. The second-order valence-electron chi connectivity index (χ2n) is 5.10. The number of fused-ring (bicyclic) bond motifs is 1. The number of benzene rings is 1. The van der Waals surface area contributed by atoms with Gasteiger partial charge >= 0.3 is 0 Å². The molecule has 2 aromatic rings. The molecule has 0 fully saturated rings. The van der Waals surface area contributed by atoms with Gasteiger partial charge in [-0.1, -0.05) is 63.3 Å². The molecule has 0 bridgehead atoms. The third kappa shape index (κ3) is 4.23. The van der Waals surface area contributed by atoms with Gasteiger partial charge in [-0.2, -0.15) is 0 Å². The SMILES string of the molecule is CCCCCCCCNc1cncc2ccccc12. The zero-order valence-electron chi connectivity index (χ0n) is 11.9. The summed E-state index contributed by atoms with van der Waals surface area (Å²) in [5.74, 6) is 0. The number of aromatic nitrogens is 1. The van der Waals surface area contributed by atoms with Crippen LogP contribution in [0.15, 0.2) is 36.7 Å². The Kier molecular flexibility index (Phi) is 5.67. The lowest BCUT2D eigenvalue weighted by Crippen LogP contribution is -2.02. The molecule has 1 N–H and O–H groups in total. The first-order valence-electron chi connectivity index (χ1n) is 7.48. The van der Waals surface area contributed by atoms with E-state index in [4.69, 9.17) is 0 Å². The smallest absolute Gasteiger partial charge is 0.0606 e. The fourth-order valence-corrected chi connectivity index (χ4v) is 2.39. The van der Waals surface area contributed by atoms with Crippen molar-refractivity contribution >= 4 is 16.5 Å². The lowest BCUT2D eigenvalue weighted by molar-refractivity contribution is 0.617. The molecule has 2 heteroatoms. The zero-order valence-corrected chi connectivity index (χ0v) is 11.9. The Balaban J connectivity index is 1.78. The molecule has 0 saturated carbocycles. The van der Waals surface area contributed by atoms with Crippen LogP contribution < -0.4 is 5.32 Å². The first-order chi connectivity index (χ1) is 9.42. The van der Waals surface area contributed by atoms with Crippen molar-refractivity contribution in [3.8, 4) is 0 Å². The van der Waals surface area contributed by atoms with Gasteiger partial charge in [0, 0.05) is 23.5 Å². The van der Waals surface area contributed by atoms with Crippen molar-refractivity contribution in [3.63, 3.8) is 0 Å². The number of nitrogens with one attached hydrogen (secondary N) is 1. The van der Waals surface area contributed by atoms with Crippen molar-refractivity contribution in [2.24, 2.45) is 0 Å². The van der Waals surface area contributed by atoms with E-state index in [0.29, 0.717) is 0 Å². The van der Waals surface area contributed by atoms with Gasteiger partial charge in [0.1, 0.15) is 0 Å². The third-order valence-electron chi connectivity index (χ3n) is 3.51. The fraction of sp³-hybridized carbons (Fsp3) is 0.471. The largest absolute Gasteiger partial charge is 0.383 e. The molecule has 0 aliphatic carbocycles. The monoisotopic (exact) mass is 256 g/mol. The molecule has 2 nitrogen and oxygen atoms in total. The van der Waals surface area contributed by atoms with Gasteiger partial charge in [-0.15, -0.1) is 0 Å². The number of hydrogen-bond acceptors (Lipinski definition) is 2. The minimum absolute atomic E-state index is 1.04. The summed E-state index contributed by atoms with van der Waals surface area (Å²) in [4.78, 5) is 4.29. The van der Waals surface area contributed by atoms with Crippen molar-refractivity contribution < 1.29 is 0 Å². The fourth-order valence-electron chi connectivity index (χ4n) is 2.39. The Hall–Kier alpha value is -1.57. The Morgan fingerprint density at radius 2 is 1.74 bits per heavy atom. The van der Waals surface area contributed by atoms with Crippen molar-refractivity contribution in [2.45, 2.75) is 45.4 Å².